The summed E-state index contributed by atoms with van der Waals surface area (Å²) < 4.78 is 5.99. The number of carbonyl (C=O) groups excluding carboxylic acids is 2. The normalized spacial score (nSPS) is 10.7. The predicted molar refractivity (Wildman–Crippen MR) is 108 cm³/mol. The van der Waals surface area contributed by atoms with Crippen molar-refractivity contribution in [2.45, 2.75) is 26.7 Å². The van der Waals surface area contributed by atoms with E-state index in [9.17, 15) is 9.59 Å². The maximum Gasteiger partial charge on any atom is 0.331 e. The number of anilines is 1. The molecule has 0 aromatic heterocycles. The third-order valence-electron chi connectivity index (χ3n) is 3.89. The number of benzene rings is 2. The van der Waals surface area contributed by atoms with Gasteiger partial charge in [-0.25, -0.2) is 4.79 Å². The number of hydrogen-bond donors (Lipinski definition) is 1. The highest BCUT2D eigenvalue weighted by molar-refractivity contribution is 9.10. The second kappa shape index (κ2) is 9.92. The van der Waals surface area contributed by atoms with E-state index in [2.05, 4.69) is 21.2 Å². The standard InChI is InChI=1S/C21H22BrNO3/c1-3-16-6-5-7-17(4-2)21(16)23-19(24)14-26-20(25)13-10-15-8-11-18(22)12-9-15/h5-13H,3-4,14H2,1-2H3,(H,23,24)/b13-10+. The van der Waals surface area contributed by atoms with Crippen molar-refractivity contribution in [3.63, 3.8) is 0 Å². The molecular formula is C21H22BrNO3. The van der Waals surface area contributed by atoms with Crippen molar-refractivity contribution >= 4 is 39.6 Å². The highest BCUT2D eigenvalue weighted by Crippen LogP contribution is 2.22. The van der Waals surface area contributed by atoms with E-state index in [-0.39, 0.29) is 12.5 Å². The molecule has 2 rings (SSSR count). The number of ether oxygens (including phenoxy) is 1. The van der Waals surface area contributed by atoms with E-state index in [1.165, 1.54) is 6.08 Å². The van der Waals surface area contributed by atoms with Gasteiger partial charge >= 0.3 is 5.97 Å². The van der Waals surface area contributed by atoms with E-state index in [1.807, 2.05) is 56.3 Å². The Morgan fingerprint density at radius 3 is 2.23 bits per heavy atom. The molecule has 0 saturated carbocycles. The lowest BCUT2D eigenvalue weighted by Crippen LogP contribution is -2.21. The summed E-state index contributed by atoms with van der Waals surface area (Å²) in [6.07, 6.45) is 4.60. The van der Waals surface area contributed by atoms with Gasteiger partial charge in [0.15, 0.2) is 6.61 Å². The van der Waals surface area contributed by atoms with Gasteiger partial charge in [0, 0.05) is 16.2 Å². The first-order valence-electron chi connectivity index (χ1n) is 8.54. The van der Waals surface area contributed by atoms with Crippen molar-refractivity contribution in [3.05, 3.63) is 69.7 Å². The molecule has 0 aliphatic heterocycles. The van der Waals surface area contributed by atoms with Crippen molar-refractivity contribution in [2.24, 2.45) is 0 Å². The minimum atomic E-state index is -0.553. The molecule has 0 radical (unpaired) electrons. The second-order valence-corrected chi connectivity index (χ2v) is 6.61. The van der Waals surface area contributed by atoms with Crippen LogP contribution in [0.2, 0.25) is 0 Å². The summed E-state index contributed by atoms with van der Waals surface area (Å²) in [5.74, 6) is -0.895. The van der Waals surface area contributed by atoms with E-state index in [0.717, 1.165) is 39.7 Å². The number of amides is 1. The minimum absolute atomic E-state index is 0.315. The van der Waals surface area contributed by atoms with Crippen LogP contribution in [0, 0.1) is 0 Å². The molecule has 4 nitrogen and oxygen atoms in total. The largest absolute Gasteiger partial charge is 0.452 e. The Balaban J connectivity index is 1.90. The zero-order valence-corrected chi connectivity index (χ0v) is 16.5. The SMILES string of the molecule is CCc1cccc(CC)c1NC(=O)COC(=O)/C=C/c1ccc(Br)cc1. The Kier molecular flexibility index (Phi) is 7.60. The quantitative estimate of drug-likeness (QED) is 0.523. The number of esters is 1. The van der Waals surface area contributed by atoms with Crippen LogP contribution in [0.3, 0.4) is 0 Å². The van der Waals surface area contributed by atoms with Gasteiger partial charge in [0.1, 0.15) is 0 Å². The molecule has 0 aliphatic rings. The molecule has 2 aromatic carbocycles. The highest BCUT2D eigenvalue weighted by Gasteiger charge is 2.11. The third kappa shape index (κ3) is 5.85. The van der Waals surface area contributed by atoms with Crippen LogP contribution in [0.5, 0.6) is 0 Å². The van der Waals surface area contributed by atoms with Crippen molar-refractivity contribution in [1.82, 2.24) is 0 Å². The van der Waals surface area contributed by atoms with Crippen molar-refractivity contribution in [3.8, 4) is 0 Å². The Morgan fingerprint density at radius 2 is 1.65 bits per heavy atom. The number of para-hydroxylation sites is 1. The van der Waals surface area contributed by atoms with Crippen LogP contribution in [-0.2, 0) is 27.2 Å². The molecule has 1 N–H and O–H groups in total. The molecule has 2 aromatic rings. The molecule has 0 fully saturated rings. The highest BCUT2D eigenvalue weighted by atomic mass is 79.9. The monoisotopic (exact) mass is 415 g/mol. The van der Waals surface area contributed by atoms with Crippen LogP contribution in [-0.4, -0.2) is 18.5 Å². The van der Waals surface area contributed by atoms with Crippen LogP contribution in [0.25, 0.3) is 6.08 Å². The van der Waals surface area contributed by atoms with Gasteiger partial charge in [0.05, 0.1) is 0 Å². The fourth-order valence-corrected chi connectivity index (χ4v) is 2.77. The molecule has 0 aliphatic carbocycles. The van der Waals surface area contributed by atoms with Crippen molar-refractivity contribution in [1.29, 1.82) is 0 Å². The first-order valence-corrected chi connectivity index (χ1v) is 9.33. The van der Waals surface area contributed by atoms with Crippen LogP contribution in [0.4, 0.5) is 5.69 Å². The zero-order valence-electron chi connectivity index (χ0n) is 14.9. The van der Waals surface area contributed by atoms with E-state index < -0.39 is 5.97 Å². The van der Waals surface area contributed by atoms with E-state index in [0.29, 0.717) is 0 Å². The number of aryl methyl sites for hydroxylation is 2. The lowest BCUT2D eigenvalue weighted by atomic mass is 10.0. The van der Waals surface area contributed by atoms with Gasteiger partial charge in [0.2, 0.25) is 0 Å². The summed E-state index contributed by atoms with van der Waals surface area (Å²) >= 11 is 3.35. The molecule has 1 amide bonds. The van der Waals surface area contributed by atoms with E-state index in [1.54, 1.807) is 6.08 Å². The van der Waals surface area contributed by atoms with Crippen LogP contribution in [0.15, 0.2) is 53.0 Å². The first kappa shape index (κ1) is 19.9. The summed E-state index contributed by atoms with van der Waals surface area (Å²) in [7, 11) is 0. The molecule has 0 spiro atoms. The summed E-state index contributed by atoms with van der Waals surface area (Å²) in [5.41, 5.74) is 3.83. The fraction of sp³-hybridized carbons (Fsp3) is 0.238. The average molecular weight is 416 g/mol. The summed E-state index contributed by atoms with van der Waals surface area (Å²) in [6, 6.07) is 13.5. The summed E-state index contributed by atoms with van der Waals surface area (Å²) in [4.78, 5) is 23.9. The molecule has 0 bridgehead atoms. The Morgan fingerprint density at radius 1 is 1.04 bits per heavy atom. The van der Waals surface area contributed by atoms with Gasteiger partial charge in [-0.05, 0) is 47.7 Å². The minimum Gasteiger partial charge on any atom is -0.452 e. The molecule has 0 heterocycles. The van der Waals surface area contributed by atoms with Crippen LogP contribution < -0.4 is 5.32 Å². The lowest BCUT2D eigenvalue weighted by Gasteiger charge is -2.14. The average Bonchev–Trinajstić information content (AvgIpc) is 2.66. The molecule has 0 atom stereocenters. The maximum absolute atomic E-state index is 12.1. The van der Waals surface area contributed by atoms with Crippen LogP contribution >= 0.6 is 15.9 Å². The van der Waals surface area contributed by atoms with Gasteiger partial charge < -0.3 is 10.1 Å². The lowest BCUT2D eigenvalue weighted by molar-refractivity contribution is -0.142. The fourth-order valence-electron chi connectivity index (χ4n) is 2.50. The number of carbonyl (C=O) groups is 2. The number of hydrogen-bond acceptors (Lipinski definition) is 3. The predicted octanol–water partition coefficient (Wildman–Crippen LogP) is 4.77. The summed E-state index contributed by atoms with van der Waals surface area (Å²) in [6.45, 7) is 3.76. The van der Waals surface area contributed by atoms with Crippen molar-refractivity contribution < 1.29 is 14.3 Å². The van der Waals surface area contributed by atoms with Gasteiger partial charge in [0.25, 0.3) is 5.91 Å². The molecule has 5 heteroatoms. The summed E-state index contributed by atoms with van der Waals surface area (Å²) in [5, 5.41) is 2.87. The van der Waals surface area contributed by atoms with Gasteiger partial charge in [-0.2, -0.15) is 0 Å². The Hall–Kier alpha value is -2.40. The maximum atomic E-state index is 12.1. The smallest absolute Gasteiger partial charge is 0.331 e. The first-order chi connectivity index (χ1) is 12.5. The molecule has 0 unspecified atom stereocenters. The molecule has 0 saturated heterocycles. The van der Waals surface area contributed by atoms with Crippen molar-refractivity contribution in [2.75, 3.05) is 11.9 Å². The Bertz CT molecular complexity index is 775. The molecule has 136 valence electrons. The Labute approximate surface area is 162 Å². The second-order valence-electron chi connectivity index (χ2n) is 5.70. The van der Waals surface area contributed by atoms with E-state index >= 15 is 0 Å². The van der Waals surface area contributed by atoms with Gasteiger partial charge in [-0.1, -0.05) is 60.1 Å². The zero-order chi connectivity index (χ0) is 18.9. The number of halogens is 1. The molecule has 26 heavy (non-hydrogen) atoms. The van der Waals surface area contributed by atoms with Gasteiger partial charge in [-0.15, -0.1) is 0 Å². The van der Waals surface area contributed by atoms with Gasteiger partial charge in [-0.3, -0.25) is 4.79 Å². The topological polar surface area (TPSA) is 55.4 Å². The number of rotatable bonds is 7. The number of nitrogens with one attached hydrogen (secondary N) is 1. The molecular weight excluding hydrogens is 394 g/mol. The van der Waals surface area contributed by atoms with E-state index in [4.69, 9.17) is 4.74 Å². The third-order valence-corrected chi connectivity index (χ3v) is 4.42. The van der Waals surface area contributed by atoms with Crippen LogP contribution in [0.1, 0.15) is 30.5 Å².